The average Bonchev–Trinajstić information content (AvgIpc) is 2.61. The van der Waals surface area contributed by atoms with Crippen LogP contribution in [0.5, 0.6) is 0 Å². The summed E-state index contributed by atoms with van der Waals surface area (Å²) in [6.07, 6.45) is 0. The van der Waals surface area contributed by atoms with Gasteiger partial charge in [-0.25, -0.2) is 0 Å². The van der Waals surface area contributed by atoms with Gasteiger partial charge in [0.2, 0.25) is 5.91 Å². The van der Waals surface area contributed by atoms with Crippen LogP contribution in [0.25, 0.3) is 0 Å². The molecule has 98 valence electrons. The lowest BCUT2D eigenvalue weighted by atomic mass is 10.1. The second kappa shape index (κ2) is 5.50. The number of carbonyl (C=O) groups excluding carboxylic acids is 1. The van der Waals surface area contributed by atoms with Gasteiger partial charge in [0, 0.05) is 24.8 Å². The number of benzene rings is 1. The van der Waals surface area contributed by atoms with Crippen LogP contribution in [0.15, 0.2) is 24.3 Å². The number of aryl methyl sites for hydroxylation is 1. The van der Waals surface area contributed by atoms with E-state index in [-0.39, 0.29) is 11.9 Å². The largest absolute Gasteiger partial charge is 0.326 e. The van der Waals surface area contributed by atoms with Crippen LogP contribution in [-0.2, 0) is 4.79 Å². The minimum absolute atomic E-state index is 0.0330. The van der Waals surface area contributed by atoms with Crippen LogP contribution in [0, 0.1) is 12.8 Å². The number of nitrogens with zero attached hydrogens (tertiary/aromatic N) is 1. The summed E-state index contributed by atoms with van der Waals surface area (Å²) < 4.78 is 0. The smallest absolute Gasteiger partial charge is 0.238 e. The number of nitrogens with two attached hydrogens (primary N) is 1. The lowest BCUT2D eigenvalue weighted by Crippen LogP contribution is -2.33. The van der Waals surface area contributed by atoms with Gasteiger partial charge in [0.15, 0.2) is 0 Å². The van der Waals surface area contributed by atoms with Crippen LogP contribution in [-0.4, -0.2) is 36.5 Å². The number of para-hydroxylation sites is 1. The normalized spacial score (nSPS) is 24.2. The fraction of sp³-hybridized carbons (Fsp3) is 0.500. The number of amides is 1. The fourth-order valence-electron chi connectivity index (χ4n) is 2.33. The summed E-state index contributed by atoms with van der Waals surface area (Å²) in [5.74, 6) is 0.502. The monoisotopic (exact) mass is 247 g/mol. The Hall–Kier alpha value is -1.39. The van der Waals surface area contributed by atoms with Crippen molar-refractivity contribution in [2.45, 2.75) is 19.9 Å². The van der Waals surface area contributed by atoms with Crippen molar-refractivity contribution in [2.24, 2.45) is 11.7 Å². The van der Waals surface area contributed by atoms with E-state index in [2.05, 4.69) is 17.1 Å². The van der Waals surface area contributed by atoms with Gasteiger partial charge in [0.1, 0.15) is 0 Å². The maximum Gasteiger partial charge on any atom is 0.238 e. The molecule has 2 rings (SSSR count). The van der Waals surface area contributed by atoms with E-state index < -0.39 is 0 Å². The highest BCUT2D eigenvalue weighted by molar-refractivity contribution is 5.92. The number of likely N-dealkylation sites (tertiary alicyclic amines) is 1. The van der Waals surface area contributed by atoms with E-state index in [0.29, 0.717) is 12.5 Å². The van der Waals surface area contributed by atoms with Crippen molar-refractivity contribution in [3.63, 3.8) is 0 Å². The van der Waals surface area contributed by atoms with Crippen LogP contribution in [0.3, 0.4) is 0 Å². The van der Waals surface area contributed by atoms with Crippen molar-refractivity contribution in [3.05, 3.63) is 29.8 Å². The van der Waals surface area contributed by atoms with E-state index in [4.69, 9.17) is 5.73 Å². The van der Waals surface area contributed by atoms with Gasteiger partial charge in [-0.3, -0.25) is 9.69 Å². The van der Waals surface area contributed by atoms with Gasteiger partial charge in [-0.2, -0.15) is 0 Å². The van der Waals surface area contributed by atoms with E-state index in [1.807, 2.05) is 31.2 Å². The molecule has 4 heteroatoms. The molecular formula is C14H21N3O. The molecule has 1 aromatic rings. The summed E-state index contributed by atoms with van der Waals surface area (Å²) in [6, 6.07) is 7.99. The quantitative estimate of drug-likeness (QED) is 0.844. The molecule has 1 aliphatic heterocycles. The van der Waals surface area contributed by atoms with E-state index in [1.165, 1.54) is 0 Å². The van der Waals surface area contributed by atoms with Gasteiger partial charge >= 0.3 is 0 Å². The Morgan fingerprint density at radius 1 is 1.44 bits per heavy atom. The molecule has 1 saturated heterocycles. The molecule has 1 amide bonds. The molecule has 18 heavy (non-hydrogen) atoms. The molecule has 2 unspecified atom stereocenters. The minimum Gasteiger partial charge on any atom is -0.326 e. The lowest BCUT2D eigenvalue weighted by molar-refractivity contribution is -0.117. The molecule has 2 atom stereocenters. The topological polar surface area (TPSA) is 58.4 Å². The summed E-state index contributed by atoms with van der Waals surface area (Å²) in [4.78, 5) is 14.1. The second-order valence-electron chi connectivity index (χ2n) is 5.20. The molecule has 3 N–H and O–H groups in total. The highest BCUT2D eigenvalue weighted by Gasteiger charge is 2.27. The van der Waals surface area contributed by atoms with E-state index >= 15 is 0 Å². The summed E-state index contributed by atoms with van der Waals surface area (Å²) >= 11 is 0. The van der Waals surface area contributed by atoms with E-state index in [0.717, 1.165) is 24.3 Å². The molecule has 0 aliphatic carbocycles. The number of rotatable bonds is 3. The summed E-state index contributed by atoms with van der Waals surface area (Å²) in [5.41, 5.74) is 7.92. The predicted molar refractivity (Wildman–Crippen MR) is 73.4 cm³/mol. The van der Waals surface area contributed by atoms with Gasteiger partial charge in [-0.1, -0.05) is 25.1 Å². The number of hydrogen-bond acceptors (Lipinski definition) is 3. The third-order valence-electron chi connectivity index (χ3n) is 3.53. The number of carbonyl (C=O) groups is 1. The van der Waals surface area contributed by atoms with Crippen molar-refractivity contribution in [1.82, 2.24) is 4.90 Å². The molecule has 1 heterocycles. The number of hydrogen-bond donors (Lipinski definition) is 2. The van der Waals surface area contributed by atoms with Crippen LogP contribution >= 0.6 is 0 Å². The van der Waals surface area contributed by atoms with Crippen molar-refractivity contribution in [3.8, 4) is 0 Å². The fourth-order valence-corrected chi connectivity index (χ4v) is 2.33. The standard InChI is InChI=1S/C14H21N3O/c1-10-5-3-4-6-13(10)16-14(18)9-17-7-11(2)12(15)8-17/h3-6,11-12H,7-9,15H2,1-2H3,(H,16,18). The van der Waals surface area contributed by atoms with Gasteiger partial charge in [0.05, 0.1) is 6.54 Å². The Morgan fingerprint density at radius 2 is 2.17 bits per heavy atom. The van der Waals surface area contributed by atoms with Crippen LogP contribution in [0.4, 0.5) is 5.69 Å². The average molecular weight is 247 g/mol. The minimum atomic E-state index is 0.0330. The van der Waals surface area contributed by atoms with Gasteiger partial charge in [-0.05, 0) is 24.5 Å². The maximum atomic E-state index is 11.9. The zero-order valence-corrected chi connectivity index (χ0v) is 11.0. The first-order valence-corrected chi connectivity index (χ1v) is 6.39. The Bertz CT molecular complexity index is 423. The molecule has 0 spiro atoms. The molecule has 0 bridgehead atoms. The first-order valence-electron chi connectivity index (χ1n) is 6.39. The zero-order valence-electron chi connectivity index (χ0n) is 11.0. The molecule has 0 aromatic heterocycles. The van der Waals surface area contributed by atoms with Crippen LogP contribution in [0.2, 0.25) is 0 Å². The van der Waals surface area contributed by atoms with Gasteiger partial charge < -0.3 is 11.1 Å². The summed E-state index contributed by atoms with van der Waals surface area (Å²) in [6.45, 7) is 6.25. The van der Waals surface area contributed by atoms with E-state index in [1.54, 1.807) is 0 Å². The molecule has 1 fully saturated rings. The van der Waals surface area contributed by atoms with Gasteiger partial charge in [0.25, 0.3) is 0 Å². The Kier molecular flexibility index (Phi) is 3.99. The second-order valence-corrected chi connectivity index (χ2v) is 5.20. The Morgan fingerprint density at radius 3 is 2.78 bits per heavy atom. The molecular weight excluding hydrogens is 226 g/mol. The summed E-state index contributed by atoms with van der Waals surface area (Å²) in [7, 11) is 0. The zero-order chi connectivity index (χ0) is 13.1. The predicted octanol–water partition coefficient (Wildman–Crippen LogP) is 1.21. The third kappa shape index (κ3) is 3.09. The Balaban J connectivity index is 1.88. The third-order valence-corrected chi connectivity index (χ3v) is 3.53. The molecule has 1 aliphatic rings. The van der Waals surface area contributed by atoms with Crippen molar-refractivity contribution < 1.29 is 4.79 Å². The molecule has 1 aromatic carbocycles. The van der Waals surface area contributed by atoms with Gasteiger partial charge in [-0.15, -0.1) is 0 Å². The van der Waals surface area contributed by atoms with Crippen molar-refractivity contribution in [2.75, 3.05) is 25.0 Å². The first kappa shape index (κ1) is 13.1. The number of anilines is 1. The van der Waals surface area contributed by atoms with Crippen LogP contribution in [0.1, 0.15) is 12.5 Å². The van der Waals surface area contributed by atoms with E-state index in [9.17, 15) is 4.79 Å². The molecule has 0 saturated carbocycles. The molecule has 0 radical (unpaired) electrons. The first-order chi connectivity index (χ1) is 8.56. The van der Waals surface area contributed by atoms with Crippen molar-refractivity contribution >= 4 is 11.6 Å². The molecule has 4 nitrogen and oxygen atoms in total. The Labute approximate surface area is 108 Å². The highest BCUT2D eigenvalue weighted by Crippen LogP contribution is 2.15. The number of nitrogens with one attached hydrogen (secondary N) is 1. The SMILES string of the molecule is Cc1ccccc1NC(=O)CN1CC(C)C(N)C1. The van der Waals surface area contributed by atoms with Crippen LogP contribution < -0.4 is 11.1 Å². The lowest BCUT2D eigenvalue weighted by Gasteiger charge is -2.15. The summed E-state index contributed by atoms with van der Waals surface area (Å²) in [5, 5.41) is 2.95. The maximum absolute atomic E-state index is 11.9. The van der Waals surface area contributed by atoms with Crippen molar-refractivity contribution in [1.29, 1.82) is 0 Å². The highest BCUT2D eigenvalue weighted by atomic mass is 16.2.